The number of hydrogen-bond acceptors (Lipinski definition) is 3. The fourth-order valence-corrected chi connectivity index (χ4v) is 2.78. The first-order chi connectivity index (χ1) is 9.02. The first-order valence-corrected chi connectivity index (χ1v) is 6.74. The van der Waals surface area contributed by atoms with Crippen LogP contribution in [-0.4, -0.2) is 22.6 Å². The molecule has 0 radical (unpaired) electrons. The average molecular weight is 312 g/mol. The third kappa shape index (κ3) is 2.95. The van der Waals surface area contributed by atoms with E-state index < -0.39 is 5.91 Å². The molecule has 1 fully saturated rings. The van der Waals surface area contributed by atoms with E-state index in [1.807, 2.05) is 0 Å². The van der Waals surface area contributed by atoms with Gasteiger partial charge in [0.15, 0.2) is 0 Å². The molecule has 0 aromatic heterocycles. The highest BCUT2D eigenvalue weighted by atomic mass is 35.5. The van der Waals surface area contributed by atoms with Crippen LogP contribution in [0.5, 0.6) is 0 Å². The van der Waals surface area contributed by atoms with E-state index in [-0.39, 0.29) is 11.8 Å². The van der Waals surface area contributed by atoms with Crippen LogP contribution in [0.15, 0.2) is 23.1 Å². The molecule has 0 N–H and O–H groups in total. The number of terminal acetylenes is 1. The molecule has 3 nitrogen and oxygen atoms in total. The van der Waals surface area contributed by atoms with Gasteiger partial charge in [-0.2, -0.15) is 0 Å². The Morgan fingerprint density at radius 2 is 2.11 bits per heavy atom. The lowest BCUT2D eigenvalue weighted by Gasteiger charge is -2.06. The number of benzene rings is 1. The first kappa shape index (κ1) is 14.0. The van der Waals surface area contributed by atoms with Crippen LogP contribution in [0.25, 0.3) is 6.08 Å². The van der Waals surface area contributed by atoms with Gasteiger partial charge in [-0.1, -0.05) is 35.2 Å². The van der Waals surface area contributed by atoms with Crippen molar-refractivity contribution in [3.05, 3.63) is 38.7 Å². The lowest BCUT2D eigenvalue weighted by Crippen LogP contribution is -2.28. The number of thioether (sulfide) groups is 1. The normalized spacial score (nSPS) is 17.1. The molecule has 0 bridgehead atoms. The number of nitrogens with zero attached hydrogens (tertiary/aromatic N) is 1. The summed E-state index contributed by atoms with van der Waals surface area (Å²) in [6.45, 7) is -0.0314. The van der Waals surface area contributed by atoms with Gasteiger partial charge in [0.25, 0.3) is 11.1 Å². The summed E-state index contributed by atoms with van der Waals surface area (Å²) in [5.41, 5.74) is 0.622. The van der Waals surface area contributed by atoms with Crippen molar-refractivity contribution in [3.63, 3.8) is 0 Å². The van der Waals surface area contributed by atoms with Crippen LogP contribution in [0.4, 0.5) is 4.79 Å². The van der Waals surface area contributed by atoms with Crippen molar-refractivity contribution in [1.29, 1.82) is 0 Å². The highest BCUT2D eigenvalue weighted by molar-refractivity contribution is 8.18. The number of carbonyl (C=O) groups excluding carboxylic acids is 2. The van der Waals surface area contributed by atoms with Gasteiger partial charge in [-0.15, -0.1) is 6.42 Å². The molecule has 0 saturated carbocycles. The highest BCUT2D eigenvalue weighted by Crippen LogP contribution is 2.33. The van der Waals surface area contributed by atoms with E-state index in [4.69, 9.17) is 29.6 Å². The Labute approximate surface area is 124 Å². The third-order valence-corrected chi connectivity index (χ3v) is 3.84. The summed E-state index contributed by atoms with van der Waals surface area (Å²) in [6, 6.07) is 4.91. The largest absolute Gasteiger partial charge is 0.294 e. The van der Waals surface area contributed by atoms with Crippen molar-refractivity contribution in [2.75, 3.05) is 6.54 Å². The molecule has 2 rings (SSSR count). The van der Waals surface area contributed by atoms with E-state index in [2.05, 4.69) is 5.92 Å². The second-order valence-electron chi connectivity index (χ2n) is 3.64. The fraction of sp³-hybridized carbons (Fsp3) is 0.0769. The van der Waals surface area contributed by atoms with Gasteiger partial charge in [-0.25, -0.2) is 0 Å². The zero-order chi connectivity index (χ0) is 14.0. The first-order valence-electron chi connectivity index (χ1n) is 5.17. The van der Waals surface area contributed by atoms with Gasteiger partial charge in [-0.05, 0) is 35.5 Å². The van der Waals surface area contributed by atoms with Crippen LogP contribution in [0.1, 0.15) is 5.56 Å². The summed E-state index contributed by atoms with van der Waals surface area (Å²) < 4.78 is 0. The topological polar surface area (TPSA) is 37.4 Å². The minimum atomic E-state index is -0.404. The molecule has 19 heavy (non-hydrogen) atoms. The van der Waals surface area contributed by atoms with E-state index in [0.717, 1.165) is 16.7 Å². The van der Waals surface area contributed by atoms with E-state index in [9.17, 15) is 9.59 Å². The SMILES string of the molecule is C#CCN1C(=O)S/C(=C/c2ccc(Cl)cc2Cl)C1=O. The van der Waals surface area contributed by atoms with Gasteiger partial charge in [0.2, 0.25) is 0 Å². The molecule has 6 heteroatoms. The quantitative estimate of drug-likeness (QED) is 0.618. The molecule has 1 aromatic carbocycles. The van der Waals surface area contributed by atoms with E-state index in [1.165, 1.54) is 0 Å². The molecule has 1 aliphatic rings. The second-order valence-corrected chi connectivity index (χ2v) is 5.47. The van der Waals surface area contributed by atoms with Gasteiger partial charge in [0, 0.05) is 10.0 Å². The maximum absolute atomic E-state index is 11.9. The van der Waals surface area contributed by atoms with E-state index in [0.29, 0.717) is 20.5 Å². The monoisotopic (exact) mass is 311 g/mol. The number of amides is 2. The van der Waals surface area contributed by atoms with Crippen molar-refractivity contribution in [2.24, 2.45) is 0 Å². The Balaban J connectivity index is 2.33. The van der Waals surface area contributed by atoms with Gasteiger partial charge in [-0.3, -0.25) is 14.5 Å². The molecule has 96 valence electrons. The fourth-order valence-electron chi connectivity index (χ4n) is 1.49. The van der Waals surface area contributed by atoms with Crippen molar-refractivity contribution in [2.45, 2.75) is 0 Å². The molecule has 1 aliphatic heterocycles. The number of halogens is 2. The van der Waals surface area contributed by atoms with Crippen molar-refractivity contribution >= 4 is 52.2 Å². The predicted octanol–water partition coefficient (Wildman–Crippen LogP) is 3.66. The molecular weight excluding hydrogens is 305 g/mol. The Morgan fingerprint density at radius 1 is 1.37 bits per heavy atom. The van der Waals surface area contributed by atoms with E-state index >= 15 is 0 Å². The minimum absolute atomic E-state index is 0.0314. The molecule has 0 spiro atoms. The summed E-state index contributed by atoms with van der Waals surface area (Å²) in [5, 5.41) is 0.540. The van der Waals surface area contributed by atoms with Crippen molar-refractivity contribution in [3.8, 4) is 12.3 Å². The summed E-state index contributed by atoms with van der Waals surface area (Å²) in [4.78, 5) is 24.8. The molecule has 0 unspecified atom stereocenters. The molecule has 1 aromatic rings. The lowest BCUT2D eigenvalue weighted by molar-refractivity contribution is -0.122. The minimum Gasteiger partial charge on any atom is -0.268 e. The lowest BCUT2D eigenvalue weighted by atomic mass is 10.2. The Bertz CT molecular complexity index is 634. The Morgan fingerprint density at radius 3 is 2.74 bits per heavy atom. The second kappa shape index (κ2) is 5.70. The smallest absolute Gasteiger partial charge is 0.268 e. The molecule has 0 aliphatic carbocycles. The van der Waals surface area contributed by atoms with Crippen molar-refractivity contribution in [1.82, 2.24) is 4.90 Å². The summed E-state index contributed by atoms with van der Waals surface area (Å²) in [5.74, 6) is 1.87. The summed E-state index contributed by atoms with van der Waals surface area (Å²) in [6.07, 6.45) is 6.67. The van der Waals surface area contributed by atoms with Gasteiger partial charge < -0.3 is 0 Å². The third-order valence-electron chi connectivity index (χ3n) is 2.37. The van der Waals surface area contributed by atoms with Crippen LogP contribution in [0.2, 0.25) is 10.0 Å². The predicted molar refractivity (Wildman–Crippen MR) is 78.0 cm³/mol. The number of carbonyl (C=O) groups is 2. The summed E-state index contributed by atoms with van der Waals surface area (Å²) >= 11 is 12.6. The average Bonchev–Trinajstić information content (AvgIpc) is 2.61. The summed E-state index contributed by atoms with van der Waals surface area (Å²) in [7, 11) is 0. The number of imide groups is 1. The Hall–Kier alpha value is -1.41. The van der Waals surface area contributed by atoms with Gasteiger partial charge in [0.05, 0.1) is 11.4 Å². The molecule has 0 atom stereocenters. The van der Waals surface area contributed by atoms with Crippen molar-refractivity contribution < 1.29 is 9.59 Å². The Kier molecular flexibility index (Phi) is 4.20. The van der Waals surface area contributed by atoms with Gasteiger partial charge >= 0.3 is 0 Å². The number of rotatable bonds is 2. The number of hydrogen-bond donors (Lipinski definition) is 0. The van der Waals surface area contributed by atoms with Gasteiger partial charge in [0.1, 0.15) is 0 Å². The standard InChI is InChI=1S/C13H7Cl2NO2S/c1-2-5-16-12(17)11(19-13(16)18)6-8-3-4-9(14)7-10(8)15/h1,3-4,6-7H,5H2/b11-6+. The maximum atomic E-state index is 11.9. The molecular formula is C13H7Cl2NO2S. The maximum Gasteiger partial charge on any atom is 0.294 e. The van der Waals surface area contributed by atoms with Crippen LogP contribution in [0.3, 0.4) is 0 Å². The van der Waals surface area contributed by atoms with Crippen LogP contribution >= 0.6 is 35.0 Å². The molecule has 1 heterocycles. The molecule has 2 amide bonds. The van der Waals surface area contributed by atoms with E-state index in [1.54, 1.807) is 24.3 Å². The van der Waals surface area contributed by atoms with Crippen LogP contribution < -0.4 is 0 Å². The zero-order valence-corrected chi connectivity index (χ0v) is 11.9. The molecule has 1 saturated heterocycles. The highest BCUT2D eigenvalue weighted by Gasteiger charge is 2.34. The van der Waals surface area contributed by atoms with Crippen LogP contribution in [0, 0.1) is 12.3 Å². The van der Waals surface area contributed by atoms with Crippen LogP contribution in [-0.2, 0) is 4.79 Å². The zero-order valence-electron chi connectivity index (χ0n) is 9.52.